The molecular formula is C8H22N2O2Si. The molecule has 0 spiro atoms. The van der Waals surface area contributed by atoms with E-state index >= 15 is 0 Å². The summed E-state index contributed by atoms with van der Waals surface area (Å²) in [6.07, 6.45) is 0. The van der Waals surface area contributed by atoms with Gasteiger partial charge in [-0.05, 0) is 0 Å². The van der Waals surface area contributed by atoms with E-state index in [1.807, 2.05) is 0 Å². The van der Waals surface area contributed by atoms with Gasteiger partial charge in [0.1, 0.15) is 0 Å². The van der Waals surface area contributed by atoms with Crippen LogP contribution in [-0.2, 0) is 9.47 Å². The van der Waals surface area contributed by atoms with Crippen LogP contribution in [-0.4, -0.2) is 48.2 Å². The van der Waals surface area contributed by atoms with Gasteiger partial charge in [-0.1, -0.05) is 13.8 Å². The number of hydrogen-bond donors (Lipinski definition) is 1. The smallest absolute Gasteiger partial charge is 0.225 e. The second-order valence-electron chi connectivity index (χ2n) is 3.40. The molecule has 0 saturated carbocycles. The average Bonchev–Trinajstić information content (AvgIpc) is 2.07. The molecule has 0 atom stereocenters. The van der Waals surface area contributed by atoms with E-state index in [4.69, 9.17) is 15.2 Å². The maximum absolute atomic E-state index is 5.51. The molecule has 0 saturated heterocycles. The summed E-state index contributed by atoms with van der Waals surface area (Å²) in [5.74, 6) is -0.308. The van der Waals surface area contributed by atoms with Gasteiger partial charge >= 0.3 is 0 Å². The fourth-order valence-electron chi connectivity index (χ4n) is 1.66. The maximum atomic E-state index is 5.51. The average molecular weight is 206 g/mol. The van der Waals surface area contributed by atoms with E-state index < -0.39 is 5.91 Å². The van der Waals surface area contributed by atoms with Crippen molar-refractivity contribution in [2.75, 3.05) is 27.3 Å². The quantitative estimate of drug-likeness (QED) is 0.453. The van der Waals surface area contributed by atoms with E-state index in [0.29, 0.717) is 6.54 Å². The SMILES string of the molecule is COC(OC)(C(C)C)N([SiH3])CCN. The fourth-order valence-corrected chi connectivity index (χ4v) is 2.80. The molecule has 0 unspecified atom stereocenters. The van der Waals surface area contributed by atoms with Crippen molar-refractivity contribution in [3.63, 3.8) is 0 Å². The first-order valence-corrected chi connectivity index (χ1v) is 5.46. The van der Waals surface area contributed by atoms with Gasteiger partial charge in [0.25, 0.3) is 0 Å². The Hall–Kier alpha value is 0.0569. The van der Waals surface area contributed by atoms with Crippen molar-refractivity contribution >= 4 is 10.4 Å². The van der Waals surface area contributed by atoms with Gasteiger partial charge in [-0.15, -0.1) is 0 Å². The van der Waals surface area contributed by atoms with Crippen LogP contribution in [0.2, 0.25) is 0 Å². The lowest BCUT2D eigenvalue weighted by Gasteiger charge is -2.42. The first kappa shape index (κ1) is 13.1. The largest absolute Gasteiger partial charge is 0.341 e. The normalized spacial score (nSPS) is 13.2. The van der Waals surface area contributed by atoms with Crippen LogP contribution in [0.3, 0.4) is 0 Å². The van der Waals surface area contributed by atoms with Crippen molar-refractivity contribution in [2.45, 2.75) is 19.8 Å². The molecule has 5 heteroatoms. The van der Waals surface area contributed by atoms with Gasteiger partial charge < -0.3 is 15.2 Å². The molecule has 4 nitrogen and oxygen atoms in total. The van der Waals surface area contributed by atoms with Crippen LogP contribution < -0.4 is 5.73 Å². The molecule has 0 rings (SSSR count). The van der Waals surface area contributed by atoms with Crippen molar-refractivity contribution in [1.82, 2.24) is 4.57 Å². The van der Waals surface area contributed by atoms with E-state index in [1.54, 1.807) is 14.2 Å². The second-order valence-corrected chi connectivity index (χ2v) is 4.48. The van der Waals surface area contributed by atoms with Crippen LogP contribution in [0.5, 0.6) is 0 Å². The van der Waals surface area contributed by atoms with E-state index in [9.17, 15) is 0 Å². The Bertz CT molecular complexity index is 140. The predicted octanol–water partition coefficient (Wildman–Crippen LogP) is -0.870. The molecule has 0 heterocycles. The maximum Gasteiger partial charge on any atom is 0.225 e. The van der Waals surface area contributed by atoms with Crippen molar-refractivity contribution in [2.24, 2.45) is 11.7 Å². The molecule has 0 aliphatic carbocycles. The Morgan fingerprint density at radius 2 is 1.85 bits per heavy atom. The monoisotopic (exact) mass is 206 g/mol. The van der Waals surface area contributed by atoms with Gasteiger partial charge in [0.2, 0.25) is 5.91 Å². The van der Waals surface area contributed by atoms with Gasteiger partial charge in [0.15, 0.2) is 0 Å². The van der Waals surface area contributed by atoms with Crippen LogP contribution >= 0.6 is 0 Å². The Kier molecular flexibility index (Phi) is 5.74. The standard InChI is InChI=1S/C8H22N2O2Si/c1-7(2)8(11-3,12-4)10(13)6-5-9/h7H,5-6,9H2,1-4,13H3. The van der Waals surface area contributed by atoms with E-state index in [1.165, 1.54) is 0 Å². The number of hydrogen-bond acceptors (Lipinski definition) is 4. The van der Waals surface area contributed by atoms with Crippen LogP contribution in [0.25, 0.3) is 0 Å². The molecule has 13 heavy (non-hydrogen) atoms. The minimum Gasteiger partial charge on any atom is -0.341 e. The summed E-state index contributed by atoms with van der Waals surface area (Å²) in [4.78, 5) is 0. The highest BCUT2D eigenvalue weighted by Gasteiger charge is 2.37. The molecular weight excluding hydrogens is 184 g/mol. The number of nitrogens with two attached hydrogens (primary N) is 1. The van der Waals surface area contributed by atoms with E-state index in [2.05, 4.69) is 18.4 Å². The van der Waals surface area contributed by atoms with Crippen LogP contribution in [0.15, 0.2) is 0 Å². The van der Waals surface area contributed by atoms with Crippen LogP contribution in [0.1, 0.15) is 13.8 Å². The highest BCUT2D eigenvalue weighted by atomic mass is 28.2. The molecule has 0 fully saturated rings. The molecule has 2 N–H and O–H groups in total. The summed E-state index contributed by atoms with van der Waals surface area (Å²) < 4.78 is 13.0. The molecule has 0 aromatic rings. The van der Waals surface area contributed by atoms with Gasteiger partial charge in [-0.3, -0.25) is 4.57 Å². The molecule has 0 bridgehead atoms. The summed E-state index contributed by atoms with van der Waals surface area (Å²) in [6, 6.07) is 0. The second kappa shape index (κ2) is 5.72. The third-order valence-electron chi connectivity index (χ3n) is 2.31. The van der Waals surface area contributed by atoms with Gasteiger partial charge in [-0.2, -0.15) is 0 Å². The van der Waals surface area contributed by atoms with Crippen LogP contribution in [0, 0.1) is 5.92 Å². The van der Waals surface area contributed by atoms with Crippen LogP contribution in [0.4, 0.5) is 0 Å². The third kappa shape index (κ3) is 2.75. The molecule has 80 valence electrons. The lowest BCUT2D eigenvalue weighted by atomic mass is 10.1. The summed E-state index contributed by atoms with van der Waals surface area (Å²) in [5, 5.41) is 0. The first-order valence-electron chi connectivity index (χ1n) is 4.56. The lowest BCUT2D eigenvalue weighted by Crippen LogP contribution is -2.55. The predicted molar refractivity (Wildman–Crippen MR) is 57.3 cm³/mol. The van der Waals surface area contributed by atoms with E-state index in [0.717, 1.165) is 16.9 Å². The highest BCUT2D eigenvalue weighted by Crippen LogP contribution is 2.24. The van der Waals surface area contributed by atoms with Gasteiger partial charge in [0.05, 0.1) is 10.4 Å². The van der Waals surface area contributed by atoms with Crippen molar-refractivity contribution in [3.05, 3.63) is 0 Å². The summed E-state index contributed by atoms with van der Waals surface area (Å²) in [7, 11) is 4.22. The topological polar surface area (TPSA) is 47.7 Å². The molecule has 0 aliphatic heterocycles. The summed E-state index contributed by atoms with van der Waals surface area (Å²) in [6.45, 7) is 5.60. The van der Waals surface area contributed by atoms with E-state index in [-0.39, 0.29) is 5.92 Å². The minimum atomic E-state index is -0.592. The zero-order valence-corrected chi connectivity index (χ0v) is 11.3. The molecule has 0 aromatic heterocycles. The fraction of sp³-hybridized carbons (Fsp3) is 1.00. The molecule has 0 aromatic carbocycles. The van der Waals surface area contributed by atoms with Gasteiger partial charge in [0, 0.05) is 33.2 Å². The zero-order valence-electron chi connectivity index (χ0n) is 9.33. The zero-order chi connectivity index (χ0) is 10.5. The van der Waals surface area contributed by atoms with Crippen molar-refractivity contribution in [3.8, 4) is 0 Å². The Morgan fingerprint density at radius 1 is 1.38 bits per heavy atom. The Morgan fingerprint density at radius 3 is 2.08 bits per heavy atom. The third-order valence-corrected chi connectivity index (χ3v) is 3.38. The highest BCUT2D eigenvalue weighted by molar-refractivity contribution is 6.04. The Balaban J connectivity index is 4.54. The van der Waals surface area contributed by atoms with Gasteiger partial charge in [-0.25, -0.2) is 0 Å². The molecule has 0 aliphatic rings. The first-order chi connectivity index (χ1) is 6.05. The molecule has 0 radical (unpaired) electrons. The van der Waals surface area contributed by atoms with Crippen molar-refractivity contribution in [1.29, 1.82) is 0 Å². The number of rotatable bonds is 6. The Labute approximate surface area is 83.9 Å². The summed E-state index contributed by atoms with van der Waals surface area (Å²) >= 11 is 0. The summed E-state index contributed by atoms with van der Waals surface area (Å²) in [5.41, 5.74) is 5.51. The van der Waals surface area contributed by atoms with Crippen molar-refractivity contribution < 1.29 is 9.47 Å². The number of methoxy groups -OCH3 is 2. The number of nitrogens with zero attached hydrogens (tertiary/aromatic N) is 1. The number of ether oxygens (including phenoxy) is 2. The lowest BCUT2D eigenvalue weighted by molar-refractivity contribution is -0.294. The molecule has 0 amide bonds. The minimum absolute atomic E-state index is 0.284.